The molecule has 0 aliphatic rings. The predicted octanol–water partition coefficient (Wildman–Crippen LogP) is 0.167. The molecular weight excluding hydrogens is 192 g/mol. The zero-order valence-electron chi connectivity index (χ0n) is 8.46. The molecule has 0 unspecified atom stereocenters. The molecule has 1 N–H and O–H groups in total. The lowest BCUT2D eigenvalue weighted by atomic mass is 10.5. The van der Waals surface area contributed by atoms with E-state index in [1.165, 1.54) is 12.7 Å². The van der Waals surface area contributed by atoms with Crippen LogP contribution in [0.3, 0.4) is 0 Å². The first-order valence-corrected chi connectivity index (χ1v) is 4.78. The number of rotatable bonds is 4. The lowest BCUT2D eigenvalue weighted by Gasteiger charge is -2.04. The molecule has 2 rings (SSSR count). The molecule has 2 heterocycles. The third kappa shape index (κ3) is 2.16. The van der Waals surface area contributed by atoms with Crippen molar-refractivity contribution < 1.29 is 0 Å². The quantitative estimate of drug-likeness (QED) is 0.768. The third-order valence-corrected chi connectivity index (χ3v) is 1.93. The molecule has 6 heteroatoms. The fraction of sp³-hybridized carbons (Fsp3) is 0.333. The molecule has 0 atom stereocenters. The number of hydrogen-bond donors (Lipinski definition) is 1. The molecule has 0 saturated carbocycles. The van der Waals surface area contributed by atoms with Crippen LogP contribution in [0.4, 0.5) is 0 Å². The smallest absolute Gasteiger partial charge is 0.158 e. The third-order valence-electron chi connectivity index (χ3n) is 1.93. The summed E-state index contributed by atoms with van der Waals surface area (Å²) in [6, 6.07) is 1.80. The largest absolute Gasteiger partial charge is 0.310 e. The maximum Gasteiger partial charge on any atom is 0.158 e. The summed E-state index contributed by atoms with van der Waals surface area (Å²) < 4.78 is 1.70. The van der Waals surface area contributed by atoms with Gasteiger partial charge in [0.15, 0.2) is 5.82 Å². The summed E-state index contributed by atoms with van der Waals surface area (Å²) in [6.07, 6.45) is 4.70. The molecule has 2 aromatic rings. The summed E-state index contributed by atoms with van der Waals surface area (Å²) in [5.41, 5.74) is 0. The summed E-state index contributed by atoms with van der Waals surface area (Å²) in [4.78, 5) is 12.1. The Labute approximate surface area is 87.4 Å². The monoisotopic (exact) mass is 204 g/mol. The van der Waals surface area contributed by atoms with Crippen LogP contribution in [0.2, 0.25) is 0 Å². The molecular formula is C9H12N6. The average Bonchev–Trinajstić information content (AvgIpc) is 2.75. The van der Waals surface area contributed by atoms with E-state index < -0.39 is 0 Å². The molecule has 15 heavy (non-hydrogen) atoms. The fourth-order valence-electron chi connectivity index (χ4n) is 1.22. The Hall–Kier alpha value is -1.82. The van der Waals surface area contributed by atoms with Gasteiger partial charge in [0, 0.05) is 12.3 Å². The average molecular weight is 204 g/mol. The lowest BCUT2D eigenvalue weighted by Crippen LogP contribution is -2.16. The Kier molecular flexibility index (Phi) is 2.99. The van der Waals surface area contributed by atoms with Crippen molar-refractivity contribution >= 4 is 0 Å². The Bertz CT molecular complexity index is 410. The van der Waals surface area contributed by atoms with Crippen LogP contribution in [0.5, 0.6) is 0 Å². The highest BCUT2D eigenvalue weighted by atomic mass is 15.4. The standard InChI is InChI=1S/C9H12N6/c1-2-10-5-9-13-7-14-15(9)8-3-4-11-6-12-8/h3-4,6-7,10H,2,5H2,1H3. The lowest BCUT2D eigenvalue weighted by molar-refractivity contribution is 0.658. The molecule has 6 nitrogen and oxygen atoms in total. The van der Waals surface area contributed by atoms with Crippen LogP contribution >= 0.6 is 0 Å². The van der Waals surface area contributed by atoms with E-state index in [9.17, 15) is 0 Å². The van der Waals surface area contributed by atoms with Crippen molar-refractivity contribution in [1.82, 2.24) is 30.0 Å². The first kappa shape index (κ1) is 9.72. The molecule has 0 aliphatic heterocycles. The minimum Gasteiger partial charge on any atom is -0.310 e. The Morgan fingerprint density at radius 3 is 3.00 bits per heavy atom. The number of nitrogens with one attached hydrogen (secondary N) is 1. The molecule has 0 fully saturated rings. The van der Waals surface area contributed by atoms with E-state index in [4.69, 9.17) is 0 Å². The van der Waals surface area contributed by atoms with Crippen LogP contribution in [0.25, 0.3) is 5.82 Å². The predicted molar refractivity (Wildman–Crippen MR) is 54.3 cm³/mol. The first-order chi connectivity index (χ1) is 7.42. The van der Waals surface area contributed by atoms with Gasteiger partial charge in [-0.05, 0) is 6.54 Å². The maximum atomic E-state index is 4.16. The van der Waals surface area contributed by atoms with Crippen molar-refractivity contribution in [3.63, 3.8) is 0 Å². The Morgan fingerprint density at radius 1 is 1.33 bits per heavy atom. The van der Waals surface area contributed by atoms with Gasteiger partial charge in [0.25, 0.3) is 0 Å². The molecule has 0 amide bonds. The Balaban J connectivity index is 2.25. The zero-order chi connectivity index (χ0) is 10.5. The minimum atomic E-state index is 0.681. The van der Waals surface area contributed by atoms with Crippen molar-refractivity contribution in [2.75, 3.05) is 6.54 Å². The van der Waals surface area contributed by atoms with Crippen molar-refractivity contribution in [1.29, 1.82) is 0 Å². The summed E-state index contributed by atoms with van der Waals surface area (Å²) in [5.74, 6) is 1.57. The highest BCUT2D eigenvalue weighted by Crippen LogP contribution is 2.02. The molecule has 0 aliphatic carbocycles. The van der Waals surface area contributed by atoms with Crippen molar-refractivity contribution in [3.05, 3.63) is 30.7 Å². The van der Waals surface area contributed by atoms with Gasteiger partial charge >= 0.3 is 0 Å². The van der Waals surface area contributed by atoms with Crippen molar-refractivity contribution in [2.24, 2.45) is 0 Å². The van der Waals surface area contributed by atoms with Gasteiger partial charge in [0.2, 0.25) is 0 Å². The van der Waals surface area contributed by atoms with Crippen molar-refractivity contribution in [3.8, 4) is 5.82 Å². The molecule has 2 aromatic heterocycles. The van der Waals surface area contributed by atoms with E-state index in [0.717, 1.165) is 18.2 Å². The normalized spacial score (nSPS) is 10.5. The second-order valence-electron chi connectivity index (χ2n) is 2.94. The van der Waals surface area contributed by atoms with Gasteiger partial charge in [-0.1, -0.05) is 6.92 Å². The SMILES string of the molecule is CCNCc1ncnn1-c1ccncn1. The van der Waals surface area contributed by atoms with Gasteiger partial charge in [-0.15, -0.1) is 0 Å². The van der Waals surface area contributed by atoms with E-state index in [-0.39, 0.29) is 0 Å². The number of aromatic nitrogens is 5. The molecule has 0 aromatic carbocycles. The highest BCUT2D eigenvalue weighted by Gasteiger charge is 2.05. The molecule has 0 bridgehead atoms. The maximum absolute atomic E-state index is 4.16. The van der Waals surface area contributed by atoms with Crippen molar-refractivity contribution in [2.45, 2.75) is 13.5 Å². The van der Waals surface area contributed by atoms with Crippen LogP contribution in [0.1, 0.15) is 12.7 Å². The minimum absolute atomic E-state index is 0.681. The summed E-state index contributed by atoms with van der Waals surface area (Å²) in [5, 5.41) is 7.31. The van der Waals surface area contributed by atoms with E-state index in [2.05, 4.69) is 25.4 Å². The van der Waals surface area contributed by atoms with Gasteiger partial charge < -0.3 is 5.32 Å². The Morgan fingerprint density at radius 2 is 2.27 bits per heavy atom. The van der Waals surface area contributed by atoms with Crippen LogP contribution in [-0.2, 0) is 6.54 Å². The summed E-state index contributed by atoms with van der Waals surface area (Å²) in [7, 11) is 0. The highest BCUT2D eigenvalue weighted by molar-refractivity contribution is 5.18. The van der Waals surface area contributed by atoms with Crippen LogP contribution in [0, 0.1) is 0 Å². The first-order valence-electron chi connectivity index (χ1n) is 4.78. The molecule has 0 saturated heterocycles. The fourth-order valence-corrected chi connectivity index (χ4v) is 1.22. The molecule has 0 spiro atoms. The number of nitrogens with zero attached hydrogens (tertiary/aromatic N) is 5. The van der Waals surface area contributed by atoms with Gasteiger partial charge in [0.05, 0.1) is 6.54 Å². The van der Waals surface area contributed by atoms with Crippen LogP contribution in [-0.4, -0.2) is 31.3 Å². The van der Waals surface area contributed by atoms with Gasteiger partial charge in [0.1, 0.15) is 18.5 Å². The second kappa shape index (κ2) is 4.61. The van der Waals surface area contributed by atoms with Crippen LogP contribution < -0.4 is 5.32 Å². The van der Waals surface area contributed by atoms with Crippen LogP contribution in [0.15, 0.2) is 24.9 Å². The van der Waals surface area contributed by atoms with E-state index >= 15 is 0 Å². The van der Waals surface area contributed by atoms with Gasteiger partial charge in [-0.25, -0.2) is 15.0 Å². The molecule has 0 radical (unpaired) electrons. The second-order valence-corrected chi connectivity index (χ2v) is 2.94. The van der Waals surface area contributed by atoms with Gasteiger partial charge in [-0.2, -0.15) is 9.78 Å². The topological polar surface area (TPSA) is 68.5 Å². The van der Waals surface area contributed by atoms with E-state index in [1.54, 1.807) is 16.9 Å². The number of hydrogen-bond acceptors (Lipinski definition) is 5. The van der Waals surface area contributed by atoms with E-state index in [1.807, 2.05) is 6.92 Å². The zero-order valence-corrected chi connectivity index (χ0v) is 8.46. The summed E-state index contributed by atoms with van der Waals surface area (Å²) >= 11 is 0. The van der Waals surface area contributed by atoms with E-state index in [0.29, 0.717) is 6.54 Å². The van der Waals surface area contributed by atoms with Gasteiger partial charge in [-0.3, -0.25) is 0 Å². The molecule has 78 valence electrons. The summed E-state index contributed by atoms with van der Waals surface area (Å²) in [6.45, 7) is 3.63.